The third-order valence-electron chi connectivity index (χ3n) is 3.90. The Kier molecular flexibility index (Phi) is 8.81. The predicted octanol–water partition coefficient (Wildman–Crippen LogP) is 3.77. The number of hydrogen-bond donors (Lipinski definition) is 1. The number of rotatable bonds is 4. The van der Waals surface area contributed by atoms with Crippen molar-refractivity contribution in [2.45, 2.75) is 13.8 Å². The molecule has 0 saturated carbocycles. The average Bonchev–Trinajstić information content (AvgIpc) is 2.63. The summed E-state index contributed by atoms with van der Waals surface area (Å²) in [7, 11) is 0. The molecule has 26 heavy (non-hydrogen) atoms. The van der Waals surface area contributed by atoms with Gasteiger partial charge in [-0.2, -0.15) is 5.26 Å². The number of amidine groups is 1. The van der Waals surface area contributed by atoms with Crippen molar-refractivity contribution in [1.82, 2.24) is 10.2 Å². The largest absolute Gasteiger partial charge is 0.378 e. The van der Waals surface area contributed by atoms with E-state index in [0.717, 1.165) is 35.3 Å². The zero-order valence-corrected chi connectivity index (χ0v) is 21.0. The molecule has 1 amide bonds. The average molecular weight is 692 g/mol. The predicted molar refractivity (Wildman–Crippen MR) is 127 cm³/mol. The van der Waals surface area contributed by atoms with Crippen LogP contribution in [0.5, 0.6) is 0 Å². The summed E-state index contributed by atoms with van der Waals surface area (Å²) >= 11 is 6.63. The van der Waals surface area contributed by atoms with Crippen LogP contribution in [0.25, 0.3) is 0 Å². The molecule has 1 N–H and O–H groups in total. The molecule has 140 valence electrons. The van der Waals surface area contributed by atoms with Crippen LogP contribution in [0.3, 0.4) is 0 Å². The number of morpholine rings is 1. The summed E-state index contributed by atoms with van der Waals surface area (Å²) in [6, 6.07) is 4.10. The third kappa shape index (κ3) is 5.65. The Labute approximate surface area is 194 Å². The minimum absolute atomic E-state index is 0.169. The SMILES string of the molecule is C/C(=N\c1c(I)cc(I)c(C(=O)NCC(C)C#N)c1I)N1CCOCC1. The molecular formula is C17H19I3N4O2. The molecule has 1 aliphatic rings. The first-order valence-electron chi connectivity index (χ1n) is 8.08. The Bertz CT molecular complexity index is 755. The summed E-state index contributed by atoms with van der Waals surface area (Å²) in [5.41, 5.74) is 1.43. The van der Waals surface area contributed by atoms with Crippen LogP contribution in [0.15, 0.2) is 11.1 Å². The summed E-state index contributed by atoms with van der Waals surface area (Å²) in [4.78, 5) is 19.7. The topological polar surface area (TPSA) is 77.7 Å². The Morgan fingerprint density at radius 1 is 1.38 bits per heavy atom. The van der Waals surface area contributed by atoms with Gasteiger partial charge in [0.2, 0.25) is 0 Å². The van der Waals surface area contributed by atoms with E-state index in [1.807, 2.05) is 13.0 Å². The zero-order chi connectivity index (χ0) is 19.3. The fourth-order valence-corrected chi connectivity index (χ4v) is 6.49. The van der Waals surface area contributed by atoms with E-state index in [1.165, 1.54) is 0 Å². The lowest BCUT2D eigenvalue weighted by Gasteiger charge is -2.28. The van der Waals surface area contributed by atoms with E-state index < -0.39 is 0 Å². The molecule has 0 aromatic heterocycles. The summed E-state index contributed by atoms with van der Waals surface area (Å²) in [6.07, 6.45) is 0. The van der Waals surface area contributed by atoms with Crippen molar-refractivity contribution in [3.63, 3.8) is 0 Å². The van der Waals surface area contributed by atoms with Gasteiger partial charge in [-0.25, -0.2) is 4.99 Å². The summed E-state index contributed by atoms with van der Waals surface area (Å²) in [6.45, 7) is 7.17. The number of carbonyl (C=O) groups excluding carboxylic acids is 1. The molecule has 1 aromatic rings. The highest BCUT2D eigenvalue weighted by atomic mass is 127. The van der Waals surface area contributed by atoms with E-state index in [9.17, 15) is 4.79 Å². The van der Waals surface area contributed by atoms with Gasteiger partial charge in [-0.05, 0) is 87.7 Å². The maximum atomic E-state index is 12.6. The maximum Gasteiger partial charge on any atom is 0.253 e. The van der Waals surface area contributed by atoms with Crippen LogP contribution in [0.4, 0.5) is 5.69 Å². The molecule has 1 atom stereocenters. The van der Waals surface area contributed by atoms with Gasteiger partial charge in [-0.1, -0.05) is 0 Å². The van der Waals surface area contributed by atoms with Gasteiger partial charge in [0.15, 0.2) is 0 Å². The van der Waals surface area contributed by atoms with Crippen LogP contribution in [-0.4, -0.2) is 49.5 Å². The number of carbonyl (C=O) groups is 1. The van der Waals surface area contributed by atoms with E-state index in [2.05, 4.69) is 84.1 Å². The van der Waals surface area contributed by atoms with Crippen LogP contribution in [-0.2, 0) is 4.74 Å². The summed E-state index contributed by atoms with van der Waals surface area (Å²) in [5, 5.41) is 11.7. The minimum atomic E-state index is -0.223. The molecular weight excluding hydrogens is 673 g/mol. The molecule has 0 bridgehead atoms. The summed E-state index contributed by atoms with van der Waals surface area (Å²) in [5.74, 6) is 0.534. The van der Waals surface area contributed by atoms with Crippen molar-refractivity contribution >= 4 is 85.2 Å². The monoisotopic (exact) mass is 692 g/mol. The van der Waals surface area contributed by atoms with Gasteiger partial charge in [0.1, 0.15) is 5.84 Å². The molecule has 2 rings (SSSR count). The van der Waals surface area contributed by atoms with Crippen molar-refractivity contribution < 1.29 is 9.53 Å². The molecule has 6 nitrogen and oxygen atoms in total. The Balaban J connectivity index is 2.33. The second-order valence-corrected chi connectivity index (χ2v) is 9.28. The number of aliphatic imine (C=N–C) groups is 1. The fraction of sp³-hybridized carbons (Fsp3) is 0.471. The van der Waals surface area contributed by atoms with Crippen molar-refractivity contribution in [3.8, 4) is 6.07 Å². The number of halogens is 3. The van der Waals surface area contributed by atoms with E-state index in [-0.39, 0.29) is 11.8 Å². The molecule has 0 aliphatic carbocycles. The number of nitrogens with one attached hydrogen (secondary N) is 1. The van der Waals surface area contributed by atoms with Gasteiger partial charge in [0.25, 0.3) is 5.91 Å². The number of amides is 1. The zero-order valence-electron chi connectivity index (χ0n) is 14.5. The highest BCUT2D eigenvalue weighted by molar-refractivity contribution is 14.1. The van der Waals surface area contributed by atoms with Crippen LogP contribution in [0.1, 0.15) is 24.2 Å². The second kappa shape index (κ2) is 10.4. The Morgan fingerprint density at radius 3 is 2.65 bits per heavy atom. The van der Waals surface area contributed by atoms with Gasteiger partial charge in [0.05, 0.1) is 40.0 Å². The van der Waals surface area contributed by atoms with Gasteiger partial charge in [-0.15, -0.1) is 0 Å². The lowest BCUT2D eigenvalue weighted by Crippen LogP contribution is -2.39. The molecule has 1 aliphatic heterocycles. The number of nitriles is 1. The second-order valence-electron chi connectivity index (χ2n) is 5.88. The fourth-order valence-electron chi connectivity index (χ4n) is 2.39. The first-order chi connectivity index (χ1) is 12.3. The molecule has 0 radical (unpaired) electrons. The van der Waals surface area contributed by atoms with Crippen LogP contribution < -0.4 is 5.32 Å². The number of benzene rings is 1. The van der Waals surface area contributed by atoms with Crippen molar-refractivity contribution in [1.29, 1.82) is 5.26 Å². The first kappa shape index (κ1) is 22.1. The number of ether oxygens (including phenoxy) is 1. The Morgan fingerprint density at radius 2 is 2.04 bits per heavy atom. The smallest absolute Gasteiger partial charge is 0.253 e. The van der Waals surface area contributed by atoms with Crippen molar-refractivity contribution in [2.75, 3.05) is 32.8 Å². The van der Waals surface area contributed by atoms with Crippen molar-refractivity contribution in [2.24, 2.45) is 10.9 Å². The quantitative estimate of drug-likeness (QED) is 0.297. The maximum absolute atomic E-state index is 12.6. The van der Waals surface area contributed by atoms with Gasteiger partial charge in [0, 0.05) is 26.8 Å². The van der Waals surface area contributed by atoms with E-state index in [0.29, 0.717) is 25.3 Å². The third-order valence-corrected chi connectivity index (χ3v) is 6.63. The summed E-state index contributed by atoms with van der Waals surface area (Å²) < 4.78 is 8.10. The van der Waals surface area contributed by atoms with Crippen LogP contribution >= 0.6 is 67.8 Å². The molecule has 1 unspecified atom stereocenters. The molecule has 1 aromatic carbocycles. The minimum Gasteiger partial charge on any atom is -0.378 e. The lowest BCUT2D eigenvalue weighted by atomic mass is 10.1. The molecule has 1 fully saturated rings. The molecule has 0 spiro atoms. The lowest BCUT2D eigenvalue weighted by molar-refractivity contribution is 0.0678. The highest BCUT2D eigenvalue weighted by Crippen LogP contribution is 2.34. The first-order valence-corrected chi connectivity index (χ1v) is 11.3. The van der Waals surface area contributed by atoms with Crippen LogP contribution in [0, 0.1) is 28.0 Å². The number of nitrogens with zero attached hydrogens (tertiary/aromatic N) is 3. The van der Waals surface area contributed by atoms with E-state index in [1.54, 1.807) is 6.92 Å². The highest BCUT2D eigenvalue weighted by Gasteiger charge is 2.21. The molecule has 1 saturated heterocycles. The standard InChI is InChI=1S/C17H19I3N4O2/c1-10(8-21)9-22-17(25)14-12(18)7-13(19)16(15(14)20)23-11(2)24-3-5-26-6-4-24/h7,10H,3-6,9H2,1-2H3,(H,22,25)/b23-11+. The molecule has 9 heteroatoms. The number of hydrogen-bond acceptors (Lipinski definition) is 4. The Hall–Kier alpha value is -0.200. The molecule has 1 heterocycles. The van der Waals surface area contributed by atoms with Gasteiger partial charge < -0.3 is 15.0 Å². The van der Waals surface area contributed by atoms with Gasteiger partial charge in [-0.3, -0.25) is 4.79 Å². The van der Waals surface area contributed by atoms with E-state index >= 15 is 0 Å². The van der Waals surface area contributed by atoms with E-state index in [4.69, 9.17) is 15.0 Å². The van der Waals surface area contributed by atoms with Gasteiger partial charge >= 0.3 is 0 Å². The van der Waals surface area contributed by atoms with Crippen LogP contribution in [0.2, 0.25) is 0 Å². The van der Waals surface area contributed by atoms with Crippen molar-refractivity contribution in [3.05, 3.63) is 22.3 Å². The normalized spacial score (nSPS) is 16.2.